The minimum Gasteiger partial charge on any atom is -0.456 e. The molecule has 0 atom stereocenters. The zero-order chi connectivity index (χ0) is 15.2. The van der Waals surface area contributed by atoms with Gasteiger partial charge in [-0.1, -0.05) is 0 Å². The Balaban J connectivity index is 4.92. The maximum Gasteiger partial charge on any atom is 0.339 e. The van der Waals surface area contributed by atoms with Gasteiger partial charge < -0.3 is 9.47 Å². The van der Waals surface area contributed by atoms with Gasteiger partial charge in [0.2, 0.25) is 0 Å². The number of ketones is 2. The summed E-state index contributed by atoms with van der Waals surface area (Å²) in [6.07, 6.45) is 0. The van der Waals surface area contributed by atoms with Crippen molar-refractivity contribution in [3.05, 3.63) is 0 Å². The van der Waals surface area contributed by atoms with Gasteiger partial charge in [-0.15, -0.1) is 0 Å². The second kappa shape index (κ2) is 6.95. The molecule has 0 aromatic carbocycles. The van der Waals surface area contributed by atoms with Crippen LogP contribution in [0.15, 0.2) is 0 Å². The number of ether oxygens (including phenoxy) is 2. The van der Waals surface area contributed by atoms with E-state index in [9.17, 15) is 27.6 Å². The lowest BCUT2D eigenvalue weighted by Gasteiger charge is -2.11. The van der Waals surface area contributed by atoms with Crippen LogP contribution in [0.1, 0.15) is 13.8 Å². The normalized spacial score (nSPS) is 10.9. The monoisotopic (exact) mass is 296 g/mol. The number of Topliss-reactive ketones (excluding diaryl/α,β-unsaturated/α-hetero) is 2. The molecule has 0 aliphatic carbocycles. The van der Waals surface area contributed by atoms with Crippen molar-refractivity contribution in [1.29, 1.82) is 0 Å². The van der Waals surface area contributed by atoms with Crippen LogP contribution in [0.2, 0.25) is 0 Å². The molecular formula is C9H12O9S. The minimum atomic E-state index is -5.13. The molecule has 0 saturated heterocycles. The second-order valence-electron chi connectivity index (χ2n) is 3.51. The van der Waals surface area contributed by atoms with Gasteiger partial charge in [0.15, 0.2) is 11.6 Å². The van der Waals surface area contributed by atoms with Crippen molar-refractivity contribution in [1.82, 2.24) is 0 Å². The molecule has 19 heavy (non-hydrogen) atoms. The summed E-state index contributed by atoms with van der Waals surface area (Å²) in [4.78, 5) is 43.7. The summed E-state index contributed by atoms with van der Waals surface area (Å²) in [6, 6.07) is 0. The molecule has 0 fully saturated rings. The summed E-state index contributed by atoms with van der Waals surface area (Å²) in [5, 5.41) is -2.65. The van der Waals surface area contributed by atoms with Gasteiger partial charge in [-0.2, -0.15) is 8.42 Å². The van der Waals surface area contributed by atoms with E-state index in [4.69, 9.17) is 4.55 Å². The summed E-state index contributed by atoms with van der Waals surface area (Å²) < 4.78 is 38.9. The van der Waals surface area contributed by atoms with E-state index in [1.54, 1.807) is 0 Å². The zero-order valence-electron chi connectivity index (χ0n) is 10.1. The van der Waals surface area contributed by atoms with Crippen molar-refractivity contribution in [3.8, 4) is 0 Å². The SMILES string of the molecule is CC(=O)COC(=O)C(C(=O)OCC(C)=O)S(=O)(=O)O. The van der Waals surface area contributed by atoms with Gasteiger partial charge >= 0.3 is 11.9 Å². The lowest BCUT2D eigenvalue weighted by Crippen LogP contribution is -2.41. The van der Waals surface area contributed by atoms with E-state index in [-0.39, 0.29) is 0 Å². The fourth-order valence-electron chi connectivity index (χ4n) is 0.836. The van der Waals surface area contributed by atoms with Gasteiger partial charge in [0.25, 0.3) is 15.4 Å². The van der Waals surface area contributed by atoms with E-state index in [1.165, 1.54) is 0 Å². The number of hydrogen-bond donors (Lipinski definition) is 1. The minimum absolute atomic E-state index is 0.598. The van der Waals surface area contributed by atoms with Crippen LogP contribution < -0.4 is 0 Å². The molecule has 0 radical (unpaired) electrons. The Kier molecular flexibility index (Phi) is 6.28. The van der Waals surface area contributed by atoms with Crippen molar-refractivity contribution < 1.29 is 41.6 Å². The molecule has 0 aromatic heterocycles. The average Bonchev–Trinajstić information content (AvgIpc) is 2.21. The predicted octanol–water partition coefficient (Wildman–Crippen LogP) is -1.49. The maximum atomic E-state index is 11.3. The van der Waals surface area contributed by atoms with E-state index in [1.807, 2.05) is 0 Å². The molecule has 108 valence electrons. The van der Waals surface area contributed by atoms with Crippen LogP contribution in [0, 0.1) is 0 Å². The first-order chi connectivity index (χ1) is 8.55. The summed E-state index contributed by atoms with van der Waals surface area (Å²) in [7, 11) is -5.13. The van der Waals surface area contributed by atoms with Gasteiger partial charge in [0.1, 0.15) is 13.2 Å². The van der Waals surface area contributed by atoms with Crippen molar-refractivity contribution in [2.45, 2.75) is 19.1 Å². The number of hydrogen-bond acceptors (Lipinski definition) is 8. The Bertz CT molecular complexity index is 460. The van der Waals surface area contributed by atoms with Crippen molar-refractivity contribution in [3.63, 3.8) is 0 Å². The van der Waals surface area contributed by atoms with Crippen LogP contribution in [0.5, 0.6) is 0 Å². The fraction of sp³-hybridized carbons (Fsp3) is 0.556. The Morgan fingerprint density at radius 1 is 0.947 bits per heavy atom. The molecular weight excluding hydrogens is 284 g/mol. The Morgan fingerprint density at radius 2 is 1.26 bits per heavy atom. The number of esters is 2. The smallest absolute Gasteiger partial charge is 0.339 e. The van der Waals surface area contributed by atoms with Gasteiger partial charge in [0.05, 0.1) is 0 Å². The largest absolute Gasteiger partial charge is 0.456 e. The molecule has 0 rings (SSSR count). The van der Waals surface area contributed by atoms with Crippen LogP contribution in [0.25, 0.3) is 0 Å². The van der Waals surface area contributed by atoms with E-state index >= 15 is 0 Å². The Labute approximate surface area is 108 Å². The third-order valence-corrected chi connectivity index (χ3v) is 2.54. The summed E-state index contributed by atoms with van der Waals surface area (Å²) in [5.74, 6) is -4.52. The third-order valence-electron chi connectivity index (χ3n) is 1.56. The van der Waals surface area contributed by atoms with E-state index < -0.39 is 52.1 Å². The molecule has 1 N–H and O–H groups in total. The molecule has 0 aromatic rings. The molecule has 0 unspecified atom stereocenters. The molecule has 0 saturated carbocycles. The highest BCUT2D eigenvalue weighted by Crippen LogP contribution is 2.05. The first-order valence-corrected chi connectivity index (χ1v) is 6.34. The van der Waals surface area contributed by atoms with E-state index in [0.29, 0.717) is 0 Å². The molecule has 10 heteroatoms. The topological polar surface area (TPSA) is 141 Å². The molecule has 0 aliphatic rings. The highest BCUT2D eigenvalue weighted by molar-refractivity contribution is 7.88. The van der Waals surface area contributed by atoms with Crippen LogP contribution in [0.3, 0.4) is 0 Å². The number of rotatable bonds is 7. The summed E-state index contributed by atoms with van der Waals surface area (Å²) >= 11 is 0. The summed E-state index contributed by atoms with van der Waals surface area (Å²) in [5.41, 5.74) is 0. The fourth-order valence-corrected chi connectivity index (χ4v) is 1.46. The van der Waals surface area contributed by atoms with Crippen LogP contribution in [0.4, 0.5) is 0 Å². The Morgan fingerprint density at radius 3 is 1.47 bits per heavy atom. The number of carbonyl (C=O) groups is 4. The third kappa shape index (κ3) is 6.62. The second-order valence-corrected chi connectivity index (χ2v) is 5.02. The summed E-state index contributed by atoms with van der Waals surface area (Å²) in [6.45, 7) is 0.600. The molecule has 0 aliphatic heterocycles. The number of carbonyl (C=O) groups excluding carboxylic acids is 4. The van der Waals surface area contributed by atoms with Crippen LogP contribution in [-0.4, -0.2) is 54.9 Å². The Hall–Kier alpha value is -1.81. The molecule has 9 nitrogen and oxygen atoms in total. The molecule has 0 heterocycles. The quantitative estimate of drug-likeness (QED) is 0.337. The first-order valence-electron chi connectivity index (χ1n) is 4.84. The van der Waals surface area contributed by atoms with Crippen LogP contribution >= 0.6 is 0 Å². The van der Waals surface area contributed by atoms with Gasteiger partial charge in [-0.3, -0.25) is 14.1 Å². The van der Waals surface area contributed by atoms with Gasteiger partial charge in [0, 0.05) is 0 Å². The van der Waals surface area contributed by atoms with Crippen molar-refractivity contribution >= 4 is 33.6 Å². The van der Waals surface area contributed by atoms with Gasteiger partial charge in [-0.25, -0.2) is 9.59 Å². The maximum absolute atomic E-state index is 11.3. The highest BCUT2D eigenvalue weighted by atomic mass is 32.2. The average molecular weight is 296 g/mol. The lowest BCUT2D eigenvalue weighted by molar-refractivity contribution is -0.157. The molecule has 0 spiro atoms. The predicted molar refractivity (Wildman–Crippen MR) is 58.6 cm³/mol. The molecule has 0 amide bonds. The molecule has 0 bridgehead atoms. The zero-order valence-corrected chi connectivity index (χ0v) is 10.9. The van der Waals surface area contributed by atoms with Crippen molar-refractivity contribution in [2.75, 3.05) is 13.2 Å². The van der Waals surface area contributed by atoms with Crippen LogP contribution in [-0.2, 0) is 38.8 Å². The highest BCUT2D eigenvalue weighted by Gasteiger charge is 2.41. The first kappa shape index (κ1) is 17.2. The van der Waals surface area contributed by atoms with Gasteiger partial charge in [-0.05, 0) is 13.8 Å². The van der Waals surface area contributed by atoms with E-state index in [0.717, 1.165) is 13.8 Å². The lowest BCUT2D eigenvalue weighted by atomic mass is 10.4. The van der Waals surface area contributed by atoms with E-state index in [2.05, 4.69) is 9.47 Å². The standard InChI is InChI=1S/C9H12O9S/c1-5(10)3-17-8(12)7(19(14,15)16)9(13)18-4-6(2)11/h7H,3-4H2,1-2H3,(H,14,15,16). The van der Waals surface area contributed by atoms with Crippen molar-refractivity contribution in [2.24, 2.45) is 0 Å².